The number of aromatic nitrogens is 4. The smallest absolute Gasteiger partial charge is 0.252 e. The SMILES string of the molecule is N#Cc1n[nH]c(-c2cc3c(cc2F)cc(-c2ccc(N)cc2)n3C2CCC2)n1. The summed E-state index contributed by atoms with van der Waals surface area (Å²) in [6, 6.07) is 15.3. The van der Waals surface area contributed by atoms with E-state index in [0.29, 0.717) is 17.3 Å². The lowest BCUT2D eigenvalue weighted by Crippen LogP contribution is -2.17. The number of hydrogen-bond acceptors (Lipinski definition) is 4. The molecule has 0 spiro atoms. The van der Waals surface area contributed by atoms with E-state index in [2.05, 4.69) is 19.7 Å². The molecule has 7 heteroatoms. The summed E-state index contributed by atoms with van der Waals surface area (Å²) in [5.41, 5.74) is 9.90. The number of aromatic amines is 1. The molecule has 0 bridgehead atoms. The molecule has 4 aromatic rings. The fourth-order valence-corrected chi connectivity index (χ4v) is 3.78. The number of hydrogen-bond donors (Lipinski definition) is 2. The van der Waals surface area contributed by atoms with Gasteiger partial charge in [0.1, 0.15) is 11.9 Å². The zero-order valence-electron chi connectivity index (χ0n) is 15.0. The van der Waals surface area contributed by atoms with Gasteiger partial charge in [0.2, 0.25) is 0 Å². The van der Waals surface area contributed by atoms with Crippen LogP contribution < -0.4 is 5.73 Å². The first-order valence-corrected chi connectivity index (χ1v) is 9.17. The van der Waals surface area contributed by atoms with Crippen LogP contribution in [0, 0.1) is 17.1 Å². The largest absolute Gasteiger partial charge is 0.399 e. The van der Waals surface area contributed by atoms with Crippen molar-refractivity contribution in [3.05, 3.63) is 54.1 Å². The van der Waals surface area contributed by atoms with Crippen LogP contribution in [0.3, 0.4) is 0 Å². The molecule has 0 radical (unpaired) electrons. The molecule has 28 heavy (non-hydrogen) atoms. The van der Waals surface area contributed by atoms with Gasteiger partial charge in [0.15, 0.2) is 5.82 Å². The van der Waals surface area contributed by atoms with E-state index in [1.165, 1.54) is 12.5 Å². The Morgan fingerprint density at radius 2 is 1.96 bits per heavy atom. The highest BCUT2D eigenvalue weighted by molar-refractivity contribution is 5.90. The summed E-state index contributed by atoms with van der Waals surface area (Å²) in [7, 11) is 0. The van der Waals surface area contributed by atoms with Gasteiger partial charge in [-0.1, -0.05) is 12.1 Å². The Labute approximate surface area is 160 Å². The fraction of sp³-hybridized carbons (Fsp3) is 0.190. The van der Waals surface area contributed by atoms with E-state index in [1.54, 1.807) is 6.07 Å². The summed E-state index contributed by atoms with van der Waals surface area (Å²) in [5.74, 6) is -0.152. The number of nitrogens with two attached hydrogens (primary N) is 1. The van der Waals surface area contributed by atoms with Crippen LogP contribution in [0.25, 0.3) is 33.5 Å². The van der Waals surface area contributed by atoms with Crippen LogP contribution in [0.2, 0.25) is 0 Å². The van der Waals surface area contributed by atoms with E-state index in [1.807, 2.05) is 36.4 Å². The van der Waals surface area contributed by atoms with Gasteiger partial charge >= 0.3 is 0 Å². The van der Waals surface area contributed by atoms with Gasteiger partial charge in [0.05, 0.1) is 5.56 Å². The van der Waals surface area contributed by atoms with Crippen LogP contribution >= 0.6 is 0 Å². The van der Waals surface area contributed by atoms with Crippen LogP contribution in [0.5, 0.6) is 0 Å². The lowest BCUT2D eigenvalue weighted by atomic mass is 9.92. The predicted molar refractivity (Wildman–Crippen MR) is 105 cm³/mol. The van der Waals surface area contributed by atoms with Crippen molar-refractivity contribution in [3.8, 4) is 28.7 Å². The highest BCUT2D eigenvalue weighted by Crippen LogP contribution is 2.41. The molecule has 2 heterocycles. The summed E-state index contributed by atoms with van der Waals surface area (Å²) in [6.45, 7) is 0. The summed E-state index contributed by atoms with van der Waals surface area (Å²) in [4.78, 5) is 4.06. The van der Waals surface area contributed by atoms with Gasteiger partial charge in [-0.15, -0.1) is 5.10 Å². The average molecular weight is 372 g/mol. The van der Waals surface area contributed by atoms with Gasteiger partial charge in [0.25, 0.3) is 5.82 Å². The second-order valence-corrected chi connectivity index (χ2v) is 7.12. The molecule has 2 aromatic heterocycles. The Kier molecular flexibility index (Phi) is 3.66. The number of rotatable bonds is 3. The molecule has 1 aliphatic carbocycles. The topological polar surface area (TPSA) is 96.3 Å². The molecule has 3 N–H and O–H groups in total. The van der Waals surface area contributed by atoms with Crippen LogP contribution in [0.4, 0.5) is 10.1 Å². The Balaban J connectivity index is 1.73. The van der Waals surface area contributed by atoms with Gasteiger partial charge in [-0.05, 0) is 55.2 Å². The molecule has 6 nitrogen and oxygen atoms in total. The maximum Gasteiger partial charge on any atom is 0.252 e. The van der Waals surface area contributed by atoms with E-state index < -0.39 is 5.82 Å². The summed E-state index contributed by atoms with van der Waals surface area (Å²) >= 11 is 0. The maximum atomic E-state index is 14.8. The summed E-state index contributed by atoms with van der Waals surface area (Å²) in [6.07, 6.45) is 3.38. The highest BCUT2D eigenvalue weighted by Gasteiger charge is 2.25. The zero-order chi connectivity index (χ0) is 19.3. The number of fused-ring (bicyclic) bond motifs is 1. The maximum absolute atomic E-state index is 14.8. The number of halogens is 1. The van der Waals surface area contributed by atoms with Gasteiger partial charge in [0, 0.05) is 28.3 Å². The second-order valence-electron chi connectivity index (χ2n) is 7.12. The Hall–Kier alpha value is -3.66. The Bertz CT molecular complexity index is 1220. The van der Waals surface area contributed by atoms with E-state index >= 15 is 0 Å². The number of nitriles is 1. The van der Waals surface area contributed by atoms with E-state index in [0.717, 1.165) is 35.0 Å². The molecule has 1 fully saturated rings. The zero-order valence-corrected chi connectivity index (χ0v) is 15.0. The quantitative estimate of drug-likeness (QED) is 0.521. The molecule has 1 aliphatic rings. The van der Waals surface area contributed by atoms with Crippen molar-refractivity contribution >= 4 is 16.6 Å². The van der Waals surface area contributed by atoms with E-state index in [-0.39, 0.29) is 11.6 Å². The number of nitrogens with one attached hydrogen (secondary N) is 1. The molecule has 1 saturated carbocycles. The lowest BCUT2D eigenvalue weighted by molar-refractivity contribution is 0.324. The molecule has 2 aromatic carbocycles. The molecular formula is C21H17FN6. The Morgan fingerprint density at radius 1 is 1.18 bits per heavy atom. The van der Waals surface area contributed by atoms with Crippen molar-refractivity contribution < 1.29 is 4.39 Å². The van der Waals surface area contributed by atoms with Crippen LogP contribution in [-0.2, 0) is 0 Å². The molecule has 0 unspecified atom stereocenters. The summed E-state index contributed by atoms with van der Waals surface area (Å²) in [5, 5.41) is 16.2. The van der Waals surface area contributed by atoms with Crippen molar-refractivity contribution in [2.75, 3.05) is 5.73 Å². The number of nitrogens with zero attached hydrogens (tertiary/aromatic N) is 4. The average Bonchev–Trinajstić information content (AvgIpc) is 3.25. The van der Waals surface area contributed by atoms with E-state index in [4.69, 9.17) is 11.0 Å². The minimum atomic E-state index is -0.400. The normalized spacial score (nSPS) is 14.1. The third-order valence-corrected chi connectivity index (χ3v) is 5.41. The second kappa shape index (κ2) is 6.20. The first-order chi connectivity index (χ1) is 13.6. The number of H-pyrrole nitrogens is 1. The van der Waals surface area contributed by atoms with Gasteiger partial charge in [-0.3, -0.25) is 5.10 Å². The number of nitrogen functional groups attached to an aromatic ring is 1. The van der Waals surface area contributed by atoms with Crippen molar-refractivity contribution in [3.63, 3.8) is 0 Å². The van der Waals surface area contributed by atoms with Gasteiger partial charge in [-0.25, -0.2) is 4.39 Å². The molecule has 0 amide bonds. The monoisotopic (exact) mass is 372 g/mol. The van der Waals surface area contributed by atoms with Crippen molar-refractivity contribution in [1.29, 1.82) is 5.26 Å². The number of anilines is 1. The lowest BCUT2D eigenvalue weighted by Gasteiger charge is -2.30. The minimum Gasteiger partial charge on any atom is -0.399 e. The molecule has 0 aliphatic heterocycles. The summed E-state index contributed by atoms with van der Waals surface area (Å²) < 4.78 is 17.1. The molecule has 138 valence electrons. The molecular weight excluding hydrogens is 355 g/mol. The first kappa shape index (κ1) is 16.5. The van der Waals surface area contributed by atoms with E-state index in [9.17, 15) is 4.39 Å². The first-order valence-electron chi connectivity index (χ1n) is 9.17. The fourth-order valence-electron chi connectivity index (χ4n) is 3.78. The van der Waals surface area contributed by atoms with Gasteiger partial charge < -0.3 is 10.3 Å². The Morgan fingerprint density at radius 3 is 2.61 bits per heavy atom. The highest BCUT2D eigenvalue weighted by atomic mass is 19.1. The van der Waals surface area contributed by atoms with Crippen molar-refractivity contribution in [2.24, 2.45) is 0 Å². The third-order valence-electron chi connectivity index (χ3n) is 5.41. The molecule has 0 saturated heterocycles. The predicted octanol–water partition coefficient (Wildman–Crippen LogP) is 4.41. The number of benzene rings is 2. The van der Waals surface area contributed by atoms with Crippen LogP contribution in [0.15, 0.2) is 42.5 Å². The molecule has 0 atom stereocenters. The van der Waals surface area contributed by atoms with Gasteiger partial charge in [-0.2, -0.15) is 10.2 Å². The van der Waals surface area contributed by atoms with Crippen molar-refractivity contribution in [2.45, 2.75) is 25.3 Å². The van der Waals surface area contributed by atoms with Crippen LogP contribution in [-0.4, -0.2) is 19.7 Å². The standard InChI is InChI=1S/C21H17FN6/c22-17-8-13-9-18(12-4-6-14(24)7-5-12)28(15-2-1-3-15)19(13)10-16(17)21-25-20(11-23)26-27-21/h4-10,15H,1-3,24H2,(H,25,26,27). The van der Waals surface area contributed by atoms with Crippen molar-refractivity contribution in [1.82, 2.24) is 19.7 Å². The van der Waals surface area contributed by atoms with Crippen LogP contribution in [0.1, 0.15) is 31.1 Å². The minimum absolute atomic E-state index is 0.00793. The third kappa shape index (κ3) is 2.54. The molecule has 5 rings (SSSR count).